The number of hydrogen-bond donors (Lipinski definition) is 1. The fourth-order valence-corrected chi connectivity index (χ4v) is 6.55. The summed E-state index contributed by atoms with van der Waals surface area (Å²) in [5, 5.41) is 0. The minimum Gasteiger partial charge on any atom is -0.327 e. The predicted octanol–water partition coefficient (Wildman–Crippen LogP) is 3.89. The molecule has 1 unspecified atom stereocenters. The van der Waals surface area contributed by atoms with Gasteiger partial charge in [0.05, 0.1) is 0 Å². The van der Waals surface area contributed by atoms with Crippen molar-refractivity contribution in [1.29, 1.82) is 0 Å². The van der Waals surface area contributed by atoms with Crippen molar-refractivity contribution in [2.75, 3.05) is 0 Å². The first-order valence-electron chi connectivity index (χ1n) is 8.04. The lowest BCUT2D eigenvalue weighted by molar-refractivity contribution is -0.103. The fraction of sp³-hybridized carbons (Fsp3) is 0.882. The molecule has 5 aliphatic rings. The Hall–Kier alpha value is -0.300. The first-order chi connectivity index (χ1) is 8.67. The Balaban J connectivity index is 1.65. The summed E-state index contributed by atoms with van der Waals surface area (Å²) in [5.41, 5.74) is 7.76. The Morgan fingerprint density at radius 3 is 1.94 bits per heavy atom. The molecule has 5 aliphatic carbocycles. The molecule has 0 aromatic heterocycles. The van der Waals surface area contributed by atoms with Gasteiger partial charge in [0.15, 0.2) is 0 Å². The molecule has 4 bridgehead atoms. The highest BCUT2D eigenvalue weighted by Gasteiger charge is 2.66. The van der Waals surface area contributed by atoms with Crippen molar-refractivity contribution in [3.63, 3.8) is 0 Å². The standard InChI is InChI=1S/C17H27N/c1-2-3-15(18)17(4-5-17)16-9-12-6-13(10-16)8-14(7-12)11-16/h2,12-15H,1,3-11,18H2. The van der Waals surface area contributed by atoms with Crippen LogP contribution in [0.5, 0.6) is 0 Å². The lowest BCUT2D eigenvalue weighted by Gasteiger charge is -2.61. The monoisotopic (exact) mass is 245 g/mol. The summed E-state index contributed by atoms with van der Waals surface area (Å²) in [6, 6.07) is 0.395. The summed E-state index contributed by atoms with van der Waals surface area (Å²) >= 11 is 0. The molecule has 0 aromatic carbocycles. The molecule has 18 heavy (non-hydrogen) atoms. The van der Waals surface area contributed by atoms with Crippen molar-refractivity contribution in [3.05, 3.63) is 12.7 Å². The maximum absolute atomic E-state index is 6.57. The molecule has 1 nitrogen and oxygen atoms in total. The van der Waals surface area contributed by atoms with Crippen LogP contribution in [0, 0.1) is 28.6 Å². The molecule has 5 rings (SSSR count). The van der Waals surface area contributed by atoms with Gasteiger partial charge in [-0.3, -0.25) is 0 Å². The largest absolute Gasteiger partial charge is 0.327 e. The second-order valence-corrected chi connectivity index (χ2v) is 7.98. The quantitative estimate of drug-likeness (QED) is 0.747. The predicted molar refractivity (Wildman–Crippen MR) is 75.1 cm³/mol. The Morgan fingerprint density at radius 2 is 1.56 bits per heavy atom. The van der Waals surface area contributed by atoms with Crippen LogP contribution in [0.3, 0.4) is 0 Å². The molecular formula is C17H27N. The molecule has 0 aromatic rings. The van der Waals surface area contributed by atoms with Crippen LogP contribution in [0.2, 0.25) is 0 Å². The van der Waals surface area contributed by atoms with E-state index in [9.17, 15) is 0 Å². The molecule has 0 aliphatic heterocycles. The molecule has 0 radical (unpaired) electrons. The summed E-state index contributed by atoms with van der Waals surface area (Å²) in [6.45, 7) is 3.91. The van der Waals surface area contributed by atoms with E-state index in [4.69, 9.17) is 5.73 Å². The van der Waals surface area contributed by atoms with E-state index in [1.54, 1.807) is 19.3 Å². The van der Waals surface area contributed by atoms with Crippen LogP contribution in [0.1, 0.15) is 57.8 Å². The third kappa shape index (κ3) is 1.37. The highest BCUT2D eigenvalue weighted by atomic mass is 14.8. The van der Waals surface area contributed by atoms with Gasteiger partial charge in [0, 0.05) is 6.04 Å². The van der Waals surface area contributed by atoms with Gasteiger partial charge in [0.25, 0.3) is 0 Å². The fourth-order valence-electron chi connectivity index (χ4n) is 6.55. The molecule has 0 saturated heterocycles. The van der Waals surface area contributed by atoms with E-state index in [0.717, 1.165) is 24.2 Å². The second-order valence-electron chi connectivity index (χ2n) is 7.98. The summed E-state index contributed by atoms with van der Waals surface area (Å²) in [4.78, 5) is 0. The Morgan fingerprint density at radius 1 is 1.06 bits per heavy atom. The van der Waals surface area contributed by atoms with E-state index in [1.165, 1.54) is 32.1 Å². The van der Waals surface area contributed by atoms with Crippen LogP contribution in [0.15, 0.2) is 12.7 Å². The highest BCUT2D eigenvalue weighted by Crippen LogP contribution is 2.74. The van der Waals surface area contributed by atoms with E-state index in [-0.39, 0.29) is 0 Å². The van der Waals surface area contributed by atoms with Crippen LogP contribution in [0.25, 0.3) is 0 Å². The molecular weight excluding hydrogens is 218 g/mol. The zero-order chi connectivity index (χ0) is 12.4. The summed E-state index contributed by atoms with van der Waals surface area (Å²) in [7, 11) is 0. The van der Waals surface area contributed by atoms with Crippen molar-refractivity contribution in [1.82, 2.24) is 0 Å². The Labute approximate surface area is 111 Å². The molecule has 100 valence electrons. The third-order valence-electron chi connectivity index (χ3n) is 7.01. The van der Waals surface area contributed by atoms with Crippen LogP contribution < -0.4 is 5.73 Å². The Bertz CT molecular complexity index is 331. The maximum atomic E-state index is 6.57. The van der Waals surface area contributed by atoms with Crippen LogP contribution in [-0.4, -0.2) is 6.04 Å². The summed E-state index contributed by atoms with van der Waals surface area (Å²) in [6.07, 6.45) is 15.1. The van der Waals surface area contributed by atoms with Crippen LogP contribution in [-0.2, 0) is 0 Å². The van der Waals surface area contributed by atoms with Crippen LogP contribution in [0.4, 0.5) is 0 Å². The van der Waals surface area contributed by atoms with Gasteiger partial charge in [-0.25, -0.2) is 0 Å². The maximum Gasteiger partial charge on any atom is 0.0135 e. The third-order valence-corrected chi connectivity index (χ3v) is 7.01. The molecule has 1 heteroatoms. The van der Waals surface area contributed by atoms with Gasteiger partial charge in [0.2, 0.25) is 0 Å². The molecule has 0 heterocycles. The van der Waals surface area contributed by atoms with Gasteiger partial charge in [-0.15, -0.1) is 6.58 Å². The van der Waals surface area contributed by atoms with Gasteiger partial charge < -0.3 is 5.73 Å². The summed E-state index contributed by atoms with van der Waals surface area (Å²) in [5.74, 6) is 3.18. The van der Waals surface area contributed by atoms with Gasteiger partial charge >= 0.3 is 0 Å². The average molecular weight is 245 g/mol. The van der Waals surface area contributed by atoms with Crippen LogP contribution >= 0.6 is 0 Å². The van der Waals surface area contributed by atoms with Crippen molar-refractivity contribution in [2.24, 2.45) is 34.3 Å². The normalized spacial score (nSPS) is 49.1. The lowest BCUT2D eigenvalue weighted by atomic mass is 9.44. The van der Waals surface area contributed by atoms with E-state index in [1.807, 2.05) is 6.08 Å². The molecule has 0 spiro atoms. The lowest BCUT2D eigenvalue weighted by Crippen LogP contribution is -2.54. The van der Waals surface area contributed by atoms with E-state index in [2.05, 4.69) is 6.58 Å². The molecule has 0 amide bonds. The van der Waals surface area contributed by atoms with Crippen molar-refractivity contribution in [3.8, 4) is 0 Å². The number of rotatable bonds is 4. The first-order valence-corrected chi connectivity index (χ1v) is 8.04. The minimum absolute atomic E-state index is 0.395. The average Bonchev–Trinajstić information content (AvgIpc) is 3.08. The topological polar surface area (TPSA) is 26.0 Å². The van der Waals surface area contributed by atoms with Crippen molar-refractivity contribution >= 4 is 0 Å². The molecule has 5 fully saturated rings. The van der Waals surface area contributed by atoms with Crippen molar-refractivity contribution in [2.45, 2.75) is 63.8 Å². The van der Waals surface area contributed by atoms with E-state index < -0.39 is 0 Å². The van der Waals surface area contributed by atoms with Gasteiger partial charge in [-0.1, -0.05) is 6.08 Å². The molecule has 5 saturated carbocycles. The smallest absolute Gasteiger partial charge is 0.0135 e. The summed E-state index contributed by atoms with van der Waals surface area (Å²) < 4.78 is 0. The van der Waals surface area contributed by atoms with E-state index >= 15 is 0 Å². The van der Waals surface area contributed by atoms with Gasteiger partial charge in [-0.2, -0.15) is 0 Å². The second kappa shape index (κ2) is 3.62. The van der Waals surface area contributed by atoms with Gasteiger partial charge in [-0.05, 0) is 86.4 Å². The SMILES string of the molecule is C=CCC(N)C1(C23CC4CC(CC(C4)C2)C3)CC1. The highest BCUT2D eigenvalue weighted by molar-refractivity contribution is 5.18. The van der Waals surface area contributed by atoms with Crippen molar-refractivity contribution < 1.29 is 0 Å². The number of hydrogen-bond acceptors (Lipinski definition) is 1. The van der Waals surface area contributed by atoms with E-state index in [0.29, 0.717) is 16.9 Å². The minimum atomic E-state index is 0.395. The van der Waals surface area contributed by atoms with Gasteiger partial charge in [0.1, 0.15) is 0 Å². The Kier molecular flexibility index (Phi) is 2.32. The zero-order valence-corrected chi connectivity index (χ0v) is 11.5. The number of nitrogens with two attached hydrogens (primary N) is 1. The first kappa shape index (κ1) is 11.5. The molecule has 1 atom stereocenters. The zero-order valence-electron chi connectivity index (χ0n) is 11.5. The molecule has 2 N–H and O–H groups in total.